The van der Waals surface area contributed by atoms with Gasteiger partial charge >= 0.3 is 11.8 Å². The summed E-state index contributed by atoms with van der Waals surface area (Å²) < 4.78 is 0. The molecule has 0 spiro atoms. The highest BCUT2D eigenvalue weighted by Gasteiger charge is 2.24. The van der Waals surface area contributed by atoms with Gasteiger partial charge in [-0.15, -0.1) is 23.7 Å². The van der Waals surface area contributed by atoms with E-state index < -0.39 is 11.8 Å². The van der Waals surface area contributed by atoms with E-state index in [0.29, 0.717) is 5.01 Å². The summed E-state index contributed by atoms with van der Waals surface area (Å²) in [4.78, 5) is 42.3. The summed E-state index contributed by atoms with van der Waals surface area (Å²) >= 11 is 1.40. The minimum absolute atomic E-state index is 0. The topological polar surface area (TPSA) is 117 Å². The summed E-state index contributed by atoms with van der Waals surface area (Å²) in [5.74, 6) is -2.09. The van der Waals surface area contributed by atoms with Crippen molar-refractivity contribution in [2.75, 3.05) is 20.1 Å². The lowest BCUT2D eigenvalue weighted by atomic mass is 10.0. The standard InChI is InChI=1S/C15H23N5O3S.ClH/c1-8(2)10(6-17-13(22)12(16)21)18-14(23)15-19-9-4-5-20(3)7-11(9)24-15;/h8,10H,4-7H2,1-3H3,(H2,16,21)(H,17,22)(H,18,23);1H/t10-;/m0./s1. The Hall–Kier alpha value is -1.71. The molecule has 1 aromatic heterocycles. The van der Waals surface area contributed by atoms with E-state index in [1.165, 1.54) is 11.3 Å². The average Bonchev–Trinajstić information content (AvgIpc) is 2.93. The maximum atomic E-state index is 12.5. The summed E-state index contributed by atoms with van der Waals surface area (Å²) in [5, 5.41) is 5.73. The van der Waals surface area contributed by atoms with Gasteiger partial charge in [-0.3, -0.25) is 14.4 Å². The first kappa shape index (κ1) is 21.3. The van der Waals surface area contributed by atoms with E-state index in [4.69, 9.17) is 5.73 Å². The van der Waals surface area contributed by atoms with E-state index in [0.717, 1.165) is 30.1 Å². The van der Waals surface area contributed by atoms with Gasteiger partial charge in [0.05, 0.1) is 5.69 Å². The second kappa shape index (κ2) is 9.12. The fraction of sp³-hybridized carbons (Fsp3) is 0.600. The molecule has 1 aliphatic rings. The van der Waals surface area contributed by atoms with Crippen molar-refractivity contribution in [3.05, 3.63) is 15.6 Å². The van der Waals surface area contributed by atoms with Gasteiger partial charge < -0.3 is 21.3 Å². The molecule has 140 valence electrons. The number of likely N-dealkylation sites (N-methyl/N-ethyl adjacent to an activating group) is 1. The van der Waals surface area contributed by atoms with Crippen LogP contribution in [0.15, 0.2) is 0 Å². The number of nitrogens with two attached hydrogens (primary N) is 1. The van der Waals surface area contributed by atoms with Crippen LogP contribution in [0.5, 0.6) is 0 Å². The Morgan fingerprint density at radius 1 is 1.36 bits per heavy atom. The second-order valence-electron chi connectivity index (χ2n) is 6.27. The van der Waals surface area contributed by atoms with E-state index in [1.807, 2.05) is 20.9 Å². The zero-order valence-corrected chi connectivity index (χ0v) is 16.1. The first-order valence-electron chi connectivity index (χ1n) is 7.83. The molecule has 25 heavy (non-hydrogen) atoms. The lowest BCUT2D eigenvalue weighted by Crippen LogP contribution is -2.48. The van der Waals surface area contributed by atoms with E-state index in [9.17, 15) is 14.4 Å². The third-order valence-corrected chi connectivity index (χ3v) is 5.03. The predicted octanol–water partition coefficient (Wildman–Crippen LogP) is -0.0913. The Balaban J connectivity index is 0.00000312. The molecule has 0 saturated carbocycles. The number of rotatable bonds is 5. The third-order valence-electron chi connectivity index (χ3n) is 3.94. The summed E-state index contributed by atoms with van der Waals surface area (Å²) in [6.07, 6.45) is 0.845. The number of halogens is 1. The van der Waals surface area contributed by atoms with E-state index in [2.05, 4.69) is 20.5 Å². The molecule has 2 heterocycles. The van der Waals surface area contributed by atoms with E-state index in [1.54, 1.807) is 0 Å². The van der Waals surface area contributed by atoms with Crippen LogP contribution in [0.3, 0.4) is 0 Å². The maximum Gasteiger partial charge on any atom is 0.309 e. The molecule has 3 amide bonds. The van der Waals surface area contributed by atoms with Crippen LogP contribution < -0.4 is 16.4 Å². The molecule has 0 aromatic carbocycles. The van der Waals surface area contributed by atoms with Gasteiger partial charge in [0.15, 0.2) is 5.01 Å². The van der Waals surface area contributed by atoms with Gasteiger partial charge in [-0.05, 0) is 13.0 Å². The first-order valence-corrected chi connectivity index (χ1v) is 8.65. The highest BCUT2D eigenvalue weighted by atomic mass is 35.5. The number of hydrogen-bond donors (Lipinski definition) is 3. The molecule has 0 unspecified atom stereocenters. The first-order chi connectivity index (χ1) is 11.3. The number of amides is 3. The Morgan fingerprint density at radius 3 is 2.64 bits per heavy atom. The number of thiazole rings is 1. The minimum atomic E-state index is -1.04. The molecule has 0 aliphatic carbocycles. The van der Waals surface area contributed by atoms with E-state index in [-0.39, 0.29) is 36.8 Å². The van der Waals surface area contributed by atoms with Crippen molar-refractivity contribution in [1.82, 2.24) is 20.5 Å². The largest absolute Gasteiger partial charge is 0.361 e. The van der Waals surface area contributed by atoms with Gasteiger partial charge in [0, 0.05) is 37.0 Å². The molecule has 1 aliphatic heterocycles. The smallest absolute Gasteiger partial charge is 0.309 e. The van der Waals surface area contributed by atoms with Crippen molar-refractivity contribution in [3.63, 3.8) is 0 Å². The van der Waals surface area contributed by atoms with Crippen molar-refractivity contribution in [2.45, 2.75) is 32.9 Å². The van der Waals surface area contributed by atoms with Gasteiger partial charge in [0.25, 0.3) is 5.91 Å². The fourth-order valence-electron chi connectivity index (χ4n) is 2.39. The predicted molar refractivity (Wildman–Crippen MR) is 97.7 cm³/mol. The molecule has 10 heteroatoms. The lowest BCUT2D eigenvalue weighted by Gasteiger charge is -2.22. The Morgan fingerprint density at radius 2 is 2.04 bits per heavy atom. The van der Waals surface area contributed by atoms with Crippen molar-refractivity contribution in [1.29, 1.82) is 0 Å². The molecular formula is C15H24ClN5O3S. The normalized spacial score (nSPS) is 15.0. The van der Waals surface area contributed by atoms with Crippen LogP contribution in [0.4, 0.5) is 0 Å². The van der Waals surface area contributed by atoms with Crippen LogP contribution in [0.1, 0.15) is 34.2 Å². The van der Waals surface area contributed by atoms with Gasteiger partial charge in [-0.1, -0.05) is 13.8 Å². The van der Waals surface area contributed by atoms with Gasteiger partial charge in [-0.2, -0.15) is 0 Å². The zero-order chi connectivity index (χ0) is 17.9. The number of nitrogens with zero attached hydrogens (tertiary/aromatic N) is 2. The molecule has 0 radical (unpaired) electrons. The van der Waals surface area contributed by atoms with Gasteiger partial charge in [0.1, 0.15) is 0 Å². The van der Waals surface area contributed by atoms with Crippen LogP contribution in [0.2, 0.25) is 0 Å². The second-order valence-corrected chi connectivity index (χ2v) is 7.36. The number of primary amides is 1. The van der Waals surface area contributed by atoms with Crippen LogP contribution in [-0.4, -0.2) is 53.8 Å². The summed E-state index contributed by atoms with van der Waals surface area (Å²) in [5.41, 5.74) is 5.90. The molecular weight excluding hydrogens is 366 g/mol. The minimum Gasteiger partial charge on any atom is -0.361 e. The molecule has 0 bridgehead atoms. The van der Waals surface area contributed by atoms with Crippen molar-refractivity contribution in [3.8, 4) is 0 Å². The average molecular weight is 390 g/mol. The van der Waals surface area contributed by atoms with Crippen LogP contribution >= 0.6 is 23.7 Å². The molecule has 0 fully saturated rings. The van der Waals surface area contributed by atoms with Crippen LogP contribution in [0.25, 0.3) is 0 Å². The zero-order valence-electron chi connectivity index (χ0n) is 14.5. The van der Waals surface area contributed by atoms with Crippen LogP contribution in [-0.2, 0) is 22.6 Å². The highest BCUT2D eigenvalue weighted by Crippen LogP contribution is 2.24. The molecule has 2 rings (SSSR count). The highest BCUT2D eigenvalue weighted by molar-refractivity contribution is 7.13. The number of carbonyl (C=O) groups excluding carboxylic acids is 3. The van der Waals surface area contributed by atoms with Gasteiger partial charge in [-0.25, -0.2) is 4.98 Å². The molecule has 0 saturated heterocycles. The van der Waals surface area contributed by atoms with Crippen molar-refractivity contribution in [2.24, 2.45) is 11.7 Å². The number of nitrogens with one attached hydrogen (secondary N) is 2. The maximum absolute atomic E-state index is 12.5. The van der Waals surface area contributed by atoms with Crippen molar-refractivity contribution >= 4 is 41.5 Å². The summed E-state index contributed by atoms with van der Waals surface area (Å²) in [7, 11) is 2.04. The molecule has 1 aromatic rings. The third kappa shape index (κ3) is 5.65. The van der Waals surface area contributed by atoms with E-state index >= 15 is 0 Å². The number of fused-ring (bicyclic) bond motifs is 1. The Bertz CT molecular complexity index is 649. The number of aromatic nitrogens is 1. The summed E-state index contributed by atoms with van der Waals surface area (Å²) in [6, 6.07) is -0.315. The Labute approximate surface area is 157 Å². The van der Waals surface area contributed by atoms with Crippen LogP contribution in [0, 0.1) is 5.92 Å². The quantitative estimate of drug-likeness (QED) is 0.608. The monoisotopic (exact) mass is 389 g/mol. The lowest BCUT2D eigenvalue weighted by molar-refractivity contribution is -0.137. The van der Waals surface area contributed by atoms with Crippen molar-refractivity contribution < 1.29 is 14.4 Å². The fourth-order valence-corrected chi connectivity index (χ4v) is 3.48. The summed E-state index contributed by atoms with van der Waals surface area (Å²) in [6.45, 7) is 5.72. The number of hydrogen-bond acceptors (Lipinski definition) is 6. The Kier molecular flexibility index (Phi) is 7.78. The molecule has 4 N–H and O–H groups in total. The number of carbonyl (C=O) groups is 3. The SMILES string of the molecule is CC(C)[C@H](CNC(=O)C(N)=O)NC(=O)c1nc2c(s1)CN(C)CC2.Cl. The molecule has 8 nitrogen and oxygen atoms in total. The van der Waals surface area contributed by atoms with Gasteiger partial charge in [0.2, 0.25) is 0 Å². The molecule has 1 atom stereocenters.